The summed E-state index contributed by atoms with van der Waals surface area (Å²) >= 11 is 0. The van der Waals surface area contributed by atoms with Crippen LogP contribution in [-0.4, -0.2) is 32.3 Å². The van der Waals surface area contributed by atoms with Gasteiger partial charge in [-0.25, -0.2) is 0 Å². The lowest BCUT2D eigenvalue weighted by Crippen LogP contribution is -2.36. The van der Waals surface area contributed by atoms with Crippen LogP contribution in [0.3, 0.4) is 0 Å². The number of benzene rings is 1. The van der Waals surface area contributed by atoms with Gasteiger partial charge in [-0.15, -0.1) is 0 Å². The number of methoxy groups -OCH3 is 1. The van der Waals surface area contributed by atoms with Crippen molar-refractivity contribution in [2.24, 2.45) is 5.73 Å². The van der Waals surface area contributed by atoms with Crippen molar-refractivity contribution in [2.75, 3.05) is 20.3 Å². The lowest BCUT2D eigenvalue weighted by atomic mass is 10.2. The molecule has 0 fully saturated rings. The molecule has 20 heavy (non-hydrogen) atoms. The van der Waals surface area contributed by atoms with Crippen LogP contribution >= 0.6 is 0 Å². The van der Waals surface area contributed by atoms with E-state index >= 15 is 0 Å². The number of alkyl halides is 3. The number of amides is 1. The summed E-state index contributed by atoms with van der Waals surface area (Å²) in [5.41, 5.74) is 6.11. The zero-order valence-corrected chi connectivity index (χ0v) is 10.8. The molecule has 8 heteroatoms. The van der Waals surface area contributed by atoms with E-state index in [2.05, 4.69) is 0 Å². The molecule has 0 aliphatic heterocycles. The highest BCUT2D eigenvalue weighted by atomic mass is 19.4. The lowest BCUT2D eigenvalue weighted by Gasteiger charge is -2.12. The van der Waals surface area contributed by atoms with Crippen LogP contribution in [0.5, 0.6) is 11.5 Å². The summed E-state index contributed by atoms with van der Waals surface area (Å²) in [6.45, 7) is -1.75. The molecule has 3 N–H and O–H groups in total. The standard InChI is InChI=1S/C12H15F3N2O3/c1-19-9-3-2-8(5-16)10(4-9)20-6-11(18)17-7-12(13,14)15/h2-4H,5-7,16H2,1H3,(H,17,18). The molecule has 112 valence electrons. The Kier molecular flexibility index (Phi) is 5.63. The summed E-state index contributed by atoms with van der Waals surface area (Å²) in [5, 5.41) is 1.71. The molecule has 1 aromatic rings. The number of carbonyl (C=O) groups is 1. The predicted octanol–water partition coefficient (Wildman–Crippen LogP) is 1.21. The molecule has 0 saturated carbocycles. The second-order valence-corrected chi connectivity index (χ2v) is 3.86. The highest BCUT2D eigenvalue weighted by Crippen LogP contribution is 2.24. The monoisotopic (exact) mass is 292 g/mol. The SMILES string of the molecule is COc1ccc(CN)c(OCC(=O)NCC(F)(F)F)c1. The maximum Gasteiger partial charge on any atom is 0.405 e. The highest BCUT2D eigenvalue weighted by molar-refractivity contribution is 5.77. The van der Waals surface area contributed by atoms with Crippen molar-refractivity contribution in [1.29, 1.82) is 0 Å². The maximum atomic E-state index is 11.9. The van der Waals surface area contributed by atoms with Gasteiger partial charge in [0.2, 0.25) is 0 Å². The number of ether oxygens (including phenoxy) is 2. The first kappa shape index (κ1) is 16.1. The molecule has 0 spiro atoms. The van der Waals surface area contributed by atoms with Crippen LogP contribution in [-0.2, 0) is 11.3 Å². The zero-order valence-electron chi connectivity index (χ0n) is 10.8. The Hall–Kier alpha value is -1.96. The van der Waals surface area contributed by atoms with Gasteiger partial charge in [-0.1, -0.05) is 6.07 Å². The van der Waals surface area contributed by atoms with Gasteiger partial charge < -0.3 is 20.5 Å². The molecule has 0 aliphatic rings. The summed E-state index contributed by atoms with van der Waals surface area (Å²) in [4.78, 5) is 11.2. The minimum atomic E-state index is -4.45. The molecule has 0 bridgehead atoms. The molecular weight excluding hydrogens is 277 g/mol. The Bertz CT molecular complexity index is 464. The summed E-state index contributed by atoms with van der Waals surface area (Å²) in [6.07, 6.45) is -4.45. The summed E-state index contributed by atoms with van der Waals surface area (Å²) in [6, 6.07) is 4.83. The maximum absolute atomic E-state index is 11.9. The lowest BCUT2D eigenvalue weighted by molar-refractivity contribution is -0.139. The Morgan fingerprint density at radius 1 is 1.40 bits per heavy atom. The second-order valence-electron chi connectivity index (χ2n) is 3.86. The van der Waals surface area contributed by atoms with E-state index < -0.39 is 25.2 Å². The van der Waals surface area contributed by atoms with E-state index in [0.717, 1.165) is 0 Å². The molecule has 0 unspecified atom stereocenters. The molecule has 1 amide bonds. The molecule has 0 radical (unpaired) electrons. The van der Waals surface area contributed by atoms with Crippen molar-refractivity contribution in [1.82, 2.24) is 5.32 Å². The number of hydrogen-bond donors (Lipinski definition) is 2. The Balaban J connectivity index is 2.58. The van der Waals surface area contributed by atoms with Crippen LogP contribution in [0, 0.1) is 0 Å². The van der Waals surface area contributed by atoms with Gasteiger partial charge in [-0.05, 0) is 6.07 Å². The van der Waals surface area contributed by atoms with Crippen LogP contribution < -0.4 is 20.5 Å². The van der Waals surface area contributed by atoms with Gasteiger partial charge in [0.05, 0.1) is 7.11 Å². The second kappa shape index (κ2) is 6.99. The average Bonchev–Trinajstić information content (AvgIpc) is 2.41. The Labute approximate surface area is 113 Å². The van der Waals surface area contributed by atoms with E-state index in [-0.39, 0.29) is 6.54 Å². The van der Waals surface area contributed by atoms with Gasteiger partial charge in [0, 0.05) is 18.2 Å². The van der Waals surface area contributed by atoms with E-state index in [4.69, 9.17) is 15.2 Å². The van der Waals surface area contributed by atoms with E-state index in [9.17, 15) is 18.0 Å². The minimum Gasteiger partial charge on any atom is -0.497 e. The first-order valence-electron chi connectivity index (χ1n) is 5.69. The van der Waals surface area contributed by atoms with E-state index in [1.54, 1.807) is 17.4 Å². The summed E-state index contributed by atoms with van der Waals surface area (Å²) in [5.74, 6) is -0.0741. The van der Waals surface area contributed by atoms with Crippen LogP contribution in [0.4, 0.5) is 13.2 Å². The first-order valence-corrected chi connectivity index (χ1v) is 5.69. The first-order chi connectivity index (χ1) is 9.35. The van der Waals surface area contributed by atoms with Crippen molar-refractivity contribution in [3.63, 3.8) is 0 Å². The van der Waals surface area contributed by atoms with Gasteiger partial charge in [0.1, 0.15) is 18.0 Å². The van der Waals surface area contributed by atoms with Crippen LogP contribution in [0.15, 0.2) is 18.2 Å². The average molecular weight is 292 g/mol. The smallest absolute Gasteiger partial charge is 0.405 e. The number of nitrogens with one attached hydrogen (secondary N) is 1. The molecule has 0 aliphatic carbocycles. The Morgan fingerprint density at radius 3 is 2.65 bits per heavy atom. The van der Waals surface area contributed by atoms with Crippen LogP contribution in [0.25, 0.3) is 0 Å². The summed E-state index contributed by atoms with van der Waals surface area (Å²) in [7, 11) is 1.46. The fourth-order valence-electron chi connectivity index (χ4n) is 1.36. The molecule has 0 heterocycles. The van der Waals surface area contributed by atoms with Crippen molar-refractivity contribution in [3.8, 4) is 11.5 Å². The summed E-state index contributed by atoms with van der Waals surface area (Å²) < 4.78 is 45.9. The predicted molar refractivity (Wildman–Crippen MR) is 65.4 cm³/mol. The zero-order chi connectivity index (χ0) is 15.2. The van der Waals surface area contributed by atoms with Crippen LogP contribution in [0.1, 0.15) is 5.56 Å². The number of hydrogen-bond acceptors (Lipinski definition) is 4. The van der Waals surface area contributed by atoms with E-state index in [1.807, 2.05) is 0 Å². The van der Waals surface area contributed by atoms with Crippen molar-refractivity contribution in [2.45, 2.75) is 12.7 Å². The molecule has 0 aromatic heterocycles. The van der Waals surface area contributed by atoms with Crippen molar-refractivity contribution < 1.29 is 27.4 Å². The molecule has 1 aromatic carbocycles. The van der Waals surface area contributed by atoms with Gasteiger partial charge in [0.25, 0.3) is 5.91 Å². The molecular formula is C12H15F3N2O3. The van der Waals surface area contributed by atoms with Crippen LogP contribution in [0.2, 0.25) is 0 Å². The fraction of sp³-hybridized carbons (Fsp3) is 0.417. The third-order valence-corrected chi connectivity index (χ3v) is 2.34. The quantitative estimate of drug-likeness (QED) is 0.826. The highest BCUT2D eigenvalue weighted by Gasteiger charge is 2.27. The third-order valence-electron chi connectivity index (χ3n) is 2.34. The molecule has 0 atom stereocenters. The van der Waals surface area contributed by atoms with Gasteiger partial charge in [-0.3, -0.25) is 4.79 Å². The van der Waals surface area contributed by atoms with Gasteiger partial charge >= 0.3 is 6.18 Å². The molecule has 0 saturated heterocycles. The van der Waals surface area contributed by atoms with Gasteiger partial charge in [0.15, 0.2) is 6.61 Å². The van der Waals surface area contributed by atoms with Crippen molar-refractivity contribution >= 4 is 5.91 Å². The minimum absolute atomic E-state index is 0.170. The van der Waals surface area contributed by atoms with Gasteiger partial charge in [-0.2, -0.15) is 13.2 Å². The number of rotatable bonds is 6. The molecule has 5 nitrogen and oxygen atoms in total. The van der Waals surface area contributed by atoms with Crippen molar-refractivity contribution in [3.05, 3.63) is 23.8 Å². The largest absolute Gasteiger partial charge is 0.497 e. The Morgan fingerprint density at radius 2 is 2.10 bits per heavy atom. The fourth-order valence-corrected chi connectivity index (χ4v) is 1.36. The molecule has 1 rings (SSSR count). The topological polar surface area (TPSA) is 73.6 Å². The van der Waals surface area contributed by atoms with E-state index in [0.29, 0.717) is 17.1 Å². The third kappa shape index (κ3) is 5.35. The normalized spacial score (nSPS) is 11.1. The van der Waals surface area contributed by atoms with E-state index in [1.165, 1.54) is 13.2 Å². The number of carbonyl (C=O) groups excluding carboxylic acids is 1. The number of halogens is 3. The number of nitrogens with two attached hydrogens (primary N) is 1.